The zero-order valence-corrected chi connectivity index (χ0v) is 8.76. The highest BCUT2D eigenvalue weighted by atomic mass is 19.1. The SMILES string of the molecule is COC1(c2nc(C)c(F)c(=O)[nH]2)CCC1. The number of nitrogens with one attached hydrogen (secondary N) is 1. The molecule has 1 aromatic heterocycles. The summed E-state index contributed by atoms with van der Waals surface area (Å²) in [5.74, 6) is -0.371. The van der Waals surface area contributed by atoms with E-state index in [1.807, 2.05) is 0 Å². The standard InChI is InChI=1S/C10H13FN2O2/c1-6-7(11)8(14)13-9(12-6)10(15-2)4-3-5-10/h3-5H2,1-2H3,(H,12,13,14). The van der Waals surface area contributed by atoms with Gasteiger partial charge in [0.1, 0.15) is 11.4 Å². The lowest BCUT2D eigenvalue weighted by Gasteiger charge is -2.39. The lowest BCUT2D eigenvalue weighted by molar-refractivity contribution is -0.0850. The van der Waals surface area contributed by atoms with Gasteiger partial charge in [0.25, 0.3) is 5.56 Å². The molecular formula is C10H13FN2O2. The summed E-state index contributed by atoms with van der Waals surface area (Å²) in [6, 6.07) is 0. The number of nitrogens with zero attached hydrogens (tertiary/aromatic N) is 1. The third-order valence-electron chi connectivity index (χ3n) is 3.01. The summed E-state index contributed by atoms with van der Waals surface area (Å²) in [5, 5.41) is 0. The van der Waals surface area contributed by atoms with E-state index >= 15 is 0 Å². The van der Waals surface area contributed by atoms with Gasteiger partial charge >= 0.3 is 0 Å². The Labute approximate surface area is 86.5 Å². The molecule has 0 amide bonds. The molecule has 2 rings (SSSR count). The summed E-state index contributed by atoms with van der Waals surface area (Å²) in [6.45, 7) is 1.48. The van der Waals surface area contributed by atoms with Gasteiger partial charge in [-0.05, 0) is 26.2 Å². The van der Waals surface area contributed by atoms with Crippen molar-refractivity contribution in [3.63, 3.8) is 0 Å². The van der Waals surface area contributed by atoms with Crippen LogP contribution in [0, 0.1) is 12.7 Å². The number of H-pyrrole nitrogens is 1. The highest BCUT2D eigenvalue weighted by molar-refractivity contribution is 5.12. The molecule has 0 atom stereocenters. The Hall–Kier alpha value is -1.23. The lowest BCUT2D eigenvalue weighted by Crippen LogP contribution is -2.40. The summed E-state index contributed by atoms with van der Waals surface area (Å²) >= 11 is 0. The Bertz CT molecular complexity index is 432. The molecule has 1 aliphatic carbocycles. The average molecular weight is 212 g/mol. The molecule has 0 spiro atoms. The van der Waals surface area contributed by atoms with Gasteiger partial charge in [0.15, 0.2) is 0 Å². The Morgan fingerprint density at radius 1 is 1.53 bits per heavy atom. The third-order valence-corrected chi connectivity index (χ3v) is 3.01. The number of aromatic nitrogens is 2. The predicted molar refractivity (Wildman–Crippen MR) is 52.1 cm³/mol. The smallest absolute Gasteiger partial charge is 0.287 e. The van der Waals surface area contributed by atoms with Gasteiger partial charge in [-0.3, -0.25) is 4.79 Å². The molecular weight excluding hydrogens is 199 g/mol. The average Bonchev–Trinajstić information content (AvgIpc) is 2.13. The fraction of sp³-hybridized carbons (Fsp3) is 0.600. The van der Waals surface area contributed by atoms with Crippen molar-refractivity contribution in [2.24, 2.45) is 0 Å². The quantitative estimate of drug-likeness (QED) is 0.802. The Morgan fingerprint density at radius 2 is 2.20 bits per heavy atom. The third kappa shape index (κ3) is 1.47. The summed E-state index contributed by atoms with van der Waals surface area (Å²) < 4.78 is 18.4. The first-order valence-electron chi connectivity index (χ1n) is 4.91. The fourth-order valence-electron chi connectivity index (χ4n) is 1.82. The largest absolute Gasteiger partial charge is 0.370 e. The summed E-state index contributed by atoms with van der Waals surface area (Å²) in [6.07, 6.45) is 2.67. The van der Waals surface area contributed by atoms with E-state index in [9.17, 15) is 9.18 Å². The molecule has 0 bridgehead atoms. The summed E-state index contributed by atoms with van der Waals surface area (Å²) in [5.41, 5.74) is -1.10. The molecule has 0 aliphatic heterocycles. The van der Waals surface area contributed by atoms with Crippen LogP contribution in [0.5, 0.6) is 0 Å². The van der Waals surface area contributed by atoms with E-state index in [0.717, 1.165) is 19.3 Å². The molecule has 1 fully saturated rings. The first-order chi connectivity index (χ1) is 7.09. The van der Waals surface area contributed by atoms with Crippen molar-refractivity contribution in [2.45, 2.75) is 31.8 Å². The van der Waals surface area contributed by atoms with E-state index < -0.39 is 17.0 Å². The van der Waals surface area contributed by atoms with Gasteiger partial charge in [-0.25, -0.2) is 4.98 Å². The Morgan fingerprint density at radius 3 is 2.60 bits per heavy atom. The van der Waals surface area contributed by atoms with Crippen LogP contribution in [0.15, 0.2) is 4.79 Å². The zero-order chi connectivity index (χ0) is 11.1. The molecule has 0 radical (unpaired) electrons. The topological polar surface area (TPSA) is 55.0 Å². The van der Waals surface area contributed by atoms with Crippen LogP contribution >= 0.6 is 0 Å². The zero-order valence-electron chi connectivity index (χ0n) is 8.76. The number of ether oxygens (including phenoxy) is 1. The van der Waals surface area contributed by atoms with E-state index in [-0.39, 0.29) is 5.69 Å². The molecule has 1 aromatic rings. The molecule has 5 heteroatoms. The maximum absolute atomic E-state index is 13.1. The second kappa shape index (κ2) is 3.41. The molecule has 1 saturated carbocycles. The molecule has 1 N–H and O–H groups in total. The fourth-order valence-corrected chi connectivity index (χ4v) is 1.82. The van der Waals surface area contributed by atoms with E-state index in [0.29, 0.717) is 5.82 Å². The highest BCUT2D eigenvalue weighted by Gasteiger charge is 2.41. The van der Waals surface area contributed by atoms with Gasteiger partial charge < -0.3 is 9.72 Å². The van der Waals surface area contributed by atoms with E-state index in [4.69, 9.17) is 4.74 Å². The van der Waals surface area contributed by atoms with Crippen molar-refractivity contribution in [3.05, 3.63) is 27.7 Å². The van der Waals surface area contributed by atoms with Crippen molar-refractivity contribution >= 4 is 0 Å². The highest BCUT2D eigenvalue weighted by Crippen LogP contribution is 2.42. The molecule has 15 heavy (non-hydrogen) atoms. The maximum Gasteiger partial charge on any atom is 0.287 e. The van der Waals surface area contributed by atoms with Crippen molar-refractivity contribution < 1.29 is 9.13 Å². The second-order valence-electron chi connectivity index (χ2n) is 3.87. The van der Waals surface area contributed by atoms with Crippen molar-refractivity contribution in [1.29, 1.82) is 0 Å². The predicted octanol–water partition coefficient (Wildman–Crippen LogP) is 1.24. The number of hydrogen-bond donors (Lipinski definition) is 1. The van der Waals surface area contributed by atoms with Crippen LogP contribution in [0.4, 0.5) is 4.39 Å². The normalized spacial score (nSPS) is 18.6. The minimum absolute atomic E-state index is 0.122. The van der Waals surface area contributed by atoms with Gasteiger partial charge in [0.2, 0.25) is 5.82 Å². The van der Waals surface area contributed by atoms with Gasteiger partial charge in [-0.2, -0.15) is 4.39 Å². The van der Waals surface area contributed by atoms with Crippen LogP contribution in [-0.4, -0.2) is 17.1 Å². The minimum Gasteiger partial charge on any atom is -0.370 e. The van der Waals surface area contributed by atoms with Crippen molar-refractivity contribution in [1.82, 2.24) is 9.97 Å². The van der Waals surface area contributed by atoms with Gasteiger partial charge in [-0.1, -0.05) is 0 Å². The number of aryl methyl sites for hydroxylation is 1. The Balaban J connectivity index is 2.49. The van der Waals surface area contributed by atoms with E-state index in [1.165, 1.54) is 6.92 Å². The second-order valence-corrected chi connectivity index (χ2v) is 3.87. The summed E-state index contributed by atoms with van der Waals surface area (Å²) in [7, 11) is 1.58. The molecule has 0 saturated heterocycles. The van der Waals surface area contributed by atoms with Crippen LogP contribution in [0.3, 0.4) is 0 Å². The van der Waals surface area contributed by atoms with Crippen LogP contribution in [0.2, 0.25) is 0 Å². The molecule has 0 unspecified atom stereocenters. The van der Waals surface area contributed by atoms with Gasteiger partial charge in [-0.15, -0.1) is 0 Å². The van der Waals surface area contributed by atoms with Crippen LogP contribution in [0.25, 0.3) is 0 Å². The Kier molecular flexibility index (Phi) is 2.34. The van der Waals surface area contributed by atoms with Crippen LogP contribution in [-0.2, 0) is 10.3 Å². The van der Waals surface area contributed by atoms with Crippen molar-refractivity contribution in [3.8, 4) is 0 Å². The molecule has 1 aliphatic rings. The molecule has 4 nitrogen and oxygen atoms in total. The lowest BCUT2D eigenvalue weighted by atomic mass is 9.79. The number of hydrogen-bond acceptors (Lipinski definition) is 3. The maximum atomic E-state index is 13.1. The number of methoxy groups -OCH3 is 1. The van der Waals surface area contributed by atoms with Crippen molar-refractivity contribution in [2.75, 3.05) is 7.11 Å². The molecule has 82 valence electrons. The molecule has 0 aromatic carbocycles. The van der Waals surface area contributed by atoms with E-state index in [1.54, 1.807) is 7.11 Å². The van der Waals surface area contributed by atoms with Crippen LogP contribution in [0.1, 0.15) is 30.8 Å². The van der Waals surface area contributed by atoms with Gasteiger partial charge in [0.05, 0.1) is 5.69 Å². The minimum atomic E-state index is -0.815. The molecule has 1 heterocycles. The van der Waals surface area contributed by atoms with Gasteiger partial charge in [0, 0.05) is 7.11 Å². The summed E-state index contributed by atoms with van der Waals surface area (Å²) in [4.78, 5) is 17.7. The monoisotopic (exact) mass is 212 g/mol. The number of rotatable bonds is 2. The van der Waals surface area contributed by atoms with Crippen LogP contribution < -0.4 is 5.56 Å². The number of halogens is 1. The number of aromatic amines is 1. The first kappa shape index (κ1) is 10.3. The first-order valence-corrected chi connectivity index (χ1v) is 4.91. The van der Waals surface area contributed by atoms with E-state index in [2.05, 4.69) is 9.97 Å².